The van der Waals surface area contributed by atoms with Crippen molar-refractivity contribution in [2.75, 3.05) is 58.0 Å². The molecule has 13 heteroatoms. The molecule has 0 saturated carbocycles. The number of hydrogen-bond acceptors (Lipinski definition) is 10. The molecular formula is C20H29ClN6O6. The predicted molar refractivity (Wildman–Crippen MR) is 122 cm³/mol. The molecule has 4 N–H and O–H groups in total. The summed E-state index contributed by atoms with van der Waals surface area (Å²) in [5, 5.41) is 13.7. The van der Waals surface area contributed by atoms with Gasteiger partial charge in [-0.05, 0) is 18.6 Å². The van der Waals surface area contributed by atoms with Gasteiger partial charge in [-0.15, -0.1) is 17.5 Å². The van der Waals surface area contributed by atoms with Crippen molar-refractivity contribution >= 4 is 40.8 Å². The normalized spacial score (nSPS) is 15.8. The number of carbonyl (C=O) groups excluding carboxylic acids is 2. The van der Waals surface area contributed by atoms with Crippen molar-refractivity contribution in [3.8, 4) is 0 Å². The molecule has 1 fully saturated rings. The van der Waals surface area contributed by atoms with Crippen LogP contribution in [0.3, 0.4) is 0 Å². The van der Waals surface area contributed by atoms with Crippen molar-refractivity contribution in [1.29, 1.82) is 0 Å². The fourth-order valence-corrected chi connectivity index (χ4v) is 3.25. The van der Waals surface area contributed by atoms with Crippen LogP contribution in [-0.2, 0) is 23.8 Å². The molecule has 3 rings (SSSR count). The molecule has 0 spiro atoms. The standard InChI is InChI=1S/C20H28N6O6.ClH/c21-6-8-30-10-12-32-13-11-31-9-7-22-14-2-1-3-15-18(14)20(29)26(25-24-15)16-4-5-17(27)23-19(16)28;/h1-3,16,22H,4-13,21H2,(H,23,27,28);1H. The molecule has 2 aromatic rings. The van der Waals surface area contributed by atoms with E-state index in [1.807, 2.05) is 0 Å². The fourth-order valence-electron chi connectivity index (χ4n) is 3.25. The quantitative estimate of drug-likeness (QED) is 0.252. The third-order valence-electron chi connectivity index (χ3n) is 4.79. The van der Waals surface area contributed by atoms with Crippen LogP contribution in [-0.4, -0.2) is 79.5 Å². The average Bonchev–Trinajstić information content (AvgIpc) is 2.78. The van der Waals surface area contributed by atoms with E-state index >= 15 is 0 Å². The van der Waals surface area contributed by atoms with Gasteiger partial charge in [0, 0.05) is 25.2 Å². The smallest absolute Gasteiger partial charge is 0.280 e. The first kappa shape index (κ1) is 26.6. The second-order valence-electron chi connectivity index (χ2n) is 7.06. The van der Waals surface area contributed by atoms with Gasteiger partial charge in [0.25, 0.3) is 11.5 Å². The summed E-state index contributed by atoms with van der Waals surface area (Å²) < 4.78 is 17.2. The van der Waals surface area contributed by atoms with Gasteiger partial charge in [-0.25, -0.2) is 0 Å². The molecule has 2 heterocycles. The zero-order chi connectivity index (χ0) is 22.8. The van der Waals surface area contributed by atoms with E-state index in [0.29, 0.717) is 69.3 Å². The Morgan fingerprint density at radius 3 is 2.45 bits per heavy atom. The highest BCUT2D eigenvalue weighted by atomic mass is 35.5. The lowest BCUT2D eigenvalue weighted by atomic mass is 10.1. The topological polar surface area (TPSA) is 160 Å². The number of fused-ring (bicyclic) bond motifs is 1. The molecule has 0 aliphatic carbocycles. The van der Waals surface area contributed by atoms with E-state index in [1.54, 1.807) is 18.2 Å². The van der Waals surface area contributed by atoms with E-state index < -0.39 is 17.5 Å². The molecule has 1 aliphatic heterocycles. The molecule has 33 heavy (non-hydrogen) atoms. The van der Waals surface area contributed by atoms with Gasteiger partial charge in [-0.3, -0.25) is 19.7 Å². The van der Waals surface area contributed by atoms with E-state index in [9.17, 15) is 14.4 Å². The molecule has 1 aromatic carbocycles. The van der Waals surface area contributed by atoms with Gasteiger partial charge >= 0.3 is 0 Å². The number of nitrogens with zero attached hydrogens (tertiary/aromatic N) is 3. The predicted octanol–water partition coefficient (Wildman–Crippen LogP) is -0.389. The van der Waals surface area contributed by atoms with Crippen LogP contribution in [0, 0.1) is 0 Å². The fraction of sp³-hybridized carbons (Fsp3) is 0.550. The maximum Gasteiger partial charge on any atom is 0.280 e. The van der Waals surface area contributed by atoms with Crippen LogP contribution in [0.25, 0.3) is 10.9 Å². The number of anilines is 1. The van der Waals surface area contributed by atoms with Crippen LogP contribution in [0.5, 0.6) is 0 Å². The molecule has 2 amide bonds. The lowest BCUT2D eigenvalue weighted by molar-refractivity contribution is -0.136. The molecule has 182 valence electrons. The zero-order valence-corrected chi connectivity index (χ0v) is 19.0. The lowest BCUT2D eigenvalue weighted by Crippen LogP contribution is -2.45. The monoisotopic (exact) mass is 484 g/mol. The molecule has 1 saturated heterocycles. The summed E-state index contributed by atoms with van der Waals surface area (Å²) in [5.74, 6) is -0.912. The van der Waals surface area contributed by atoms with Crippen LogP contribution in [0.1, 0.15) is 18.9 Å². The number of nitrogens with one attached hydrogen (secondary N) is 2. The maximum absolute atomic E-state index is 13.1. The highest BCUT2D eigenvalue weighted by Crippen LogP contribution is 2.20. The summed E-state index contributed by atoms with van der Waals surface area (Å²) in [6.07, 6.45) is 0.347. The summed E-state index contributed by atoms with van der Waals surface area (Å²) in [6, 6.07) is 4.32. The van der Waals surface area contributed by atoms with Crippen molar-refractivity contribution in [1.82, 2.24) is 20.3 Å². The summed E-state index contributed by atoms with van der Waals surface area (Å²) in [7, 11) is 0. The largest absolute Gasteiger partial charge is 0.382 e. The highest BCUT2D eigenvalue weighted by Gasteiger charge is 2.30. The number of amides is 2. The minimum Gasteiger partial charge on any atom is -0.382 e. The van der Waals surface area contributed by atoms with Crippen molar-refractivity contribution < 1.29 is 23.8 Å². The molecular weight excluding hydrogens is 456 g/mol. The maximum atomic E-state index is 13.1. The number of benzene rings is 1. The van der Waals surface area contributed by atoms with Crippen molar-refractivity contribution in [2.24, 2.45) is 5.73 Å². The van der Waals surface area contributed by atoms with Gasteiger partial charge in [0.1, 0.15) is 11.6 Å². The third kappa shape index (κ3) is 7.44. The Hall–Kier alpha value is -2.64. The summed E-state index contributed by atoms with van der Waals surface area (Å²) >= 11 is 0. The SMILES string of the molecule is Cl.NCCOCCOCCOCCNc1cccc2nnn(C3CCC(=O)NC3=O)c(=O)c12. The van der Waals surface area contributed by atoms with Crippen molar-refractivity contribution in [3.05, 3.63) is 28.6 Å². The molecule has 12 nitrogen and oxygen atoms in total. The number of halogens is 1. The number of ether oxygens (including phenoxy) is 3. The molecule has 0 bridgehead atoms. The Labute approximate surface area is 196 Å². The zero-order valence-electron chi connectivity index (χ0n) is 18.2. The van der Waals surface area contributed by atoms with Gasteiger partial charge in [0.2, 0.25) is 5.91 Å². The molecule has 0 radical (unpaired) electrons. The Bertz CT molecular complexity index is 987. The van der Waals surface area contributed by atoms with Crippen LogP contribution < -0.4 is 21.9 Å². The Balaban J connectivity index is 0.00000385. The van der Waals surface area contributed by atoms with Gasteiger partial charge < -0.3 is 25.3 Å². The minimum absolute atomic E-state index is 0. The number of piperidine rings is 1. The second-order valence-corrected chi connectivity index (χ2v) is 7.06. The minimum atomic E-state index is -0.866. The summed E-state index contributed by atoms with van der Waals surface area (Å²) in [4.78, 5) is 36.6. The highest BCUT2D eigenvalue weighted by molar-refractivity contribution is 5.99. The Kier molecular flexibility index (Phi) is 11.1. The van der Waals surface area contributed by atoms with Gasteiger partial charge in [0.15, 0.2) is 0 Å². The number of aromatic nitrogens is 3. The lowest BCUT2D eigenvalue weighted by Gasteiger charge is -2.21. The number of nitrogens with two attached hydrogens (primary N) is 1. The van der Waals surface area contributed by atoms with E-state index in [2.05, 4.69) is 20.9 Å². The number of imide groups is 1. The summed E-state index contributed by atoms with van der Waals surface area (Å²) in [5.41, 5.74) is 5.86. The van der Waals surface area contributed by atoms with Crippen LogP contribution in [0.15, 0.2) is 23.0 Å². The second kappa shape index (κ2) is 13.8. The molecule has 1 unspecified atom stereocenters. The van der Waals surface area contributed by atoms with Crippen LogP contribution in [0.4, 0.5) is 5.69 Å². The average molecular weight is 485 g/mol. The van der Waals surface area contributed by atoms with E-state index in [0.717, 1.165) is 4.68 Å². The van der Waals surface area contributed by atoms with E-state index in [1.165, 1.54) is 0 Å². The summed E-state index contributed by atoms with van der Waals surface area (Å²) in [6.45, 7) is 3.74. The Morgan fingerprint density at radius 2 is 1.76 bits per heavy atom. The van der Waals surface area contributed by atoms with Crippen molar-refractivity contribution in [3.63, 3.8) is 0 Å². The van der Waals surface area contributed by atoms with E-state index in [4.69, 9.17) is 19.9 Å². The Morgan fingerprint density at radius 1 is 1.06 bits per heavy atom. The van der Waals surface area contributed by atoms with Gasteiger partial charge in [0.05, 0.1) is 45.0 Å². The molecule has 1 aliphatic rings. The van der Waals surface area contributed by atoms with Gasteiger partial charge in [-0.2, -0.15) is 4.68 Å². The number of rotatable bonds is 13. The number of hydrogen-bond donors (Lipinski definition) is 3. The van der Waals surface area contributed by atoms with Crippen molar-refractivity contribution in [2.45, 2.75) is 18.9 Å². The van der Waals surface area contributed by atoms with E-state index in [-0.39, 0.29) is 31.2 Å². The molecule has 1 aromatic heterocycles. The van der Waals surface area contributed by atoms with Gasteiger partial charge in [-0.1, -0.05) is 11.3 Å². The first-order valence-electron chi connectivity index (χ1n) is 10.5. The number of carbonyl (C=O) groups is 2. The molecule has 1 atom stereocenters. The third-order valence-corrected chi connectivity index (χ3v) is 4.79. The van der Waals surface area contributed by atoms with Crippen LogP contribution in [0.2, 0.25) is 0 Å². The first-order valence-corrected chi connectivity index (χ1v) is 10.5. The van der Waals surface area contributed by atoms with Crippen LogP contribution >= 0.6 is 12.4 Å². The first-order chi connectivity index (χ1) is 15.6.